The number of carbonyl (C=O) groups is 2. The van der Waals surface area contributed by atoms with Crippen molar-refractivity contribution < 1.29 is 14.3 Å². The molecule has 3 N–H and O–H groups in total. The molecule has 0 unspecified atom stereocenters. The van der Waals surface area contributed by atoms with Crippen LogP contribution in [-0.2, 0) is 16.1 Å². The summed E-state index contributed by atoms with van der Waals surface area (Å²) in [5.74, 6) is 0.904. The van der Waals surface area contributed by atoms with E-state index < -0.39 is 11.3 Å². The molecule has 2 heterocycles. The van der Waals surface area contributed by atoms with Gasteiger partial charge in [-0.2, -0.15) is 0 Å². The SMILES string of the molecule is COc1ccccc1N1CCN(c2ncccc2CNC(=O)C2(C(N)=O)CC2)CC1. The van der Waals surface area contributed by atoms with Gasteiger partial charge in [0, 0.05) is 44.5 Å². The Hall–Kier alpha value is -3.29. The summed E-state index contributed by atoms with van der Waals surface area (Å²) in [7, 11) is 1.69. The van der Waals surface area contributed by atoms with E-state index in [9.17, 15) is 9.59 Å². The number of pyridine rings is 1. The highest BCUT2D eigenvalue weighted by Crippen LogP contribution is 2.45. The maximum atomic E-state index is 12.4. The minimum absolute atomic E-state index is 0.286. The lowest BCUT2D eigenvalue weighted by molar-refractivity contribution is -0.135. The van der Waals surface area contributed by atoms with Crippen LogP contribution < -0.4 is 25.6 Å². The quantitative estimate of drug-likeness (QED) is 0.669. The fourth-order valence-electron chi connectivity index (χ4n) is 3.96. The van der Waals surface area contributed by atoms with E-state index in [1.807, 2.05) is 30.3 Å². The van der Waals surface area contributed by atoms with Gasteiger partial charge in [0.05, 0.1) is 12.8 Å². The second-order valence-corrected chi connectivity index (χ2v) is 7.76. The van der Waals surface area contributed by atoms with Crippen molar-refractivity contribution >= 4 is 23.3 Å². The number of anilines is 2. The Morgan fingerprint density at radius 1 is 1.10 bits per heavy atom. The third kappa shape index (κ3) is 3.77. The van der Waals surface area contributed by atoms with Crippen LogP contribution in [0.15, 0.2) is 42.6 Å². The summed E-state index contributed by atoms with van der Waals surface area (Å²) >= 11 is 0. The number of carbonyl (C=O) groups excluding carboxylic acids is 2. The lowest BCUT2D eigenvalue weighted by Crippen LogP contribution is -2.47. The number of benzene rings is 1. The van der Waals surface area contributed by atoms with E-state index in [4.69, 9.17) is 10.5 Å². The van der Waals surface area contributed by atoms with Crippen molar-refractivity contribution in [1.29, 1.82) is 0 Å². The van der Waals surface area contributed by atoms with Crippen molar-refractivity contribution in [1.82, 2.24) is 10.3 Å². The lowest BCUT2D eigenvalue weighted by atomic mass is 10.1. The topological polar surface area (TPSA) is 101 Å². The van der Waals surface area contributed by atoms with Crippen LogP contribution in [0.2, 0.25) is 0 Å². The van der Waals surface area contributed by atoms with E-state index in [-0.39, 0.29) is 5.91 Å². The van der Waals surface area contributed by atoms with Gasteiger partial charge in [-0.05, 0) is 31.0 Å². The minimum atomic E-state index is -1.01. The molecule has 0 radical (unpaired) electrons. The number of hydrogen-bond donors (Lipinski definition) is 2. The van der Waals surface area contributed by atoms with Crippen LogP contribution in [0.25, 0.3) is 0 Å². The van der Waals surface area contributed by atoms with Crippen molar-refractivity contribution in [2.24, 2.45) is 11.1 Å². The predicted molar refractivity (Wildman–Crippen MR) is 114 cm³/mol. The van der Waals surface area contributed by atoms with Crippen molar-refractivity contribution in [2.75, 3.05) is 43.1 Å². The molecule has 1 aromatic carbocycles. The second kappa shape index (κ2) is 8.22. The van der Waals surface area contributed by atoms with Crippen LogP contribution in [0.1, 0.15) is 18.4 Å². The molecule has 0 atom stereocenters. The average Bonchev–Trinajstić information content (AvgIpc) is 3.60. The number of nitrogens with zero attached hydrogens (tertiary/aromatic N) is 3. The Kier molecular flexibility index (Phi) is 5.48. The Morgan fingerprint density at radius 3 is 2.47 bits per heavy atom. The average molecular weight is 409 g/mol. The smallest absolute Gasteiger partial charge is 0.235 e. The Balaban J connectivity index is 1.41. The van der Waals surface area contributed by atoms with Crippen molar-refractivity contribution in [2.45, 2.75) is 19.4 Å². The number of piperazine rings is 1. The molecule has 30 heavy (non-hydrogen) atoms. The second-order valence-electron chi connectivity index (χ2n) is 7.76. The molecule has 2 aliphatic rings. The number of methoxy groups -OCH3 is 1. The highest BCUT2D eigenvalue weighted by Gasteiger charge is 2.55. The third-order valence-corrected chi connectivity index (χ3v) is 5.97. The number of para-hydroxylation sites is 2. The van der Waals surface area contributed by atoms with E-state index >= 15 is 0 Å². The zero-order valence-electron chi connectivity index (χ0n) is 17.1. The van der Waals surface area contributed by atoms with E-state index in [0.29, 0.717) is 19.4 Å². The molecule has 1 saturated carbocycles. The summed E-state index contributed by atoms with van der Waals surface area (Å²) in [5, 5.41) is 2.88. The van der Waals surface area contributed by atoms with Crippen LogP contribution in [0.3, 0.4) is 0 Å². The van der Waals surface area contributed by atoms with Gasteiger partial charge in [0.1, 0.15) is 17.0 Å². The summed E-state index contributed by atoms with van der Waals surface area (Å²) in [6.45, 7) is 3.62. The lowest BCUT2D eigenvalue weighted by Gasteiger charge is -2.37. The van der Waals surface area contributed by atoms with Crippen molar-refractivity contribution in [3.63, 3.8) is 0 Å². The largest absolute Gasteiger partial charge is 0.495 e. The first kappa shape index (κ1) is 20.0. The molecular formula is C22H27N5O3. The fourth-order valence-corrected chi connectivity index (χ4v) is 3.96. The Labute approximate surface area is 176 Å². The van der Waals surface area contributed by atoms with Crippen molar-refractivity contribution in [3.05, 3.63) is 48.2 Å². The van der Waals surface area contributed by atoms with E-state index in [1.165, 1.54) is 0 Å². The number of nitrogens with one attached hydrogen (secondary N) is 1. The number of rotatable bonds is 7. The first-order valence-electron chi connectivity index (χ1n) is 10.2. The molecule has 4 rings (SSSR count). The van der Waals surface area contributed by atoms with Gasteiger partial charge in [-0.25, -0.2) is 4.98 Å². The molecule has 2 fully saturated rings. The molecule has 158 valence electrons. The highest BCUT2D eigenvalue weighted by molar-refractivity contribution is 6.07. The van der Waals surface area contributed by atoms with Gasteiger partial charge in [-0.15, -0.1) is 0 Å². The molecule has 0 bridgehead atoms. The maximum Gasteiger partial charge on any atom is 0.235 e. The highest BCUT2D eigenvalue weighted by atomic mass is 16.5. The number of hydrogen-bond acceptors (Lipinski definition) is 6. The molecule has 1 aliphatic carbocycles. The van der Waals surface area contributed by atoms with E-state index in [1.54, 1.807) is 13.3 Å². The predicted octanol–water partition coefficient (Wildman–Crippen LogP) is 1.30. The number of ether oxygens (including phenoxy) is 1. The Bertz CT molecular complexity index is 936. The monoisotopic (exact) mass is 409 g/mol. The van der Waals surface area contributed by atoms with E-state index in [0.717, 1.165) is 49.0 Å². The van der Waals surface area contributed by atoms with Crippen LogP contribution in [-0.4, -0.2) is 50.1 Å². The number of amides is 2. The van der Waals surface area contributed by atoms with Gasteiger partial charge in [-0.1, -0.05) is 18.2 Å². The van der Waals surface area contributed by atoms with Gasteiger partial charge in [-0.3, -0.25) is 9.59 Å². The summed E-state index contributed by atoms with van der Waals surface area (Å²) in [6, 6.07) is 11.8. The van der Waals surface area contributed by atoms with Crippen LogP contribution >= 0.6 is 0 Å². The molecule has 0 spiro atoms. The zero-order chi connectivity index (χ0) is 21.1. The number of primary amides is 1. The standard InChI is InChI=1S/C22H27N5O3/c1-30-18-7-3-2-6-17(18)26-11-13-27(14-12-26)19-16(5-4-10-24-19)15-25-21(29)22(8-9-22)20(23)28/h2-7,10H,8-9,11-15H2,1H3,(H2,23,28)(H,25,29). The van der Waals surface area contributed by atoms with Crippen LogP contribution in [0.5, 0.6) is 5.75 Å². The summed E-state index contributed by atoms with van der Waals surface area (Å²) in [4.78, 5) is 33.1. The number of aromatic nitrogens is 1. The zero-order valence-corrected chi connectivity index (χ0v) is 17.1. The van der Waals surface area contributed by atoms with Crippen LogP contribution in [0.4, 0.5) is 11.5 Å². The minimum Gasteiger partial charge on any atom is -0.495 e. The van der Waals surface area contributed by atoms with E-state index in [2.05, 4.69) is 26.2 Å². The molecule has 2 aromatic rings. The molecule has 1 saturated heterocycles. The first-order valence-corrected chi connectivity index (χ1v) is 10.2. The summed E-state index contributed by atoms with van der Waals surface area (Å²) in [5.41, 5.74) is 6.41. The van der Waals surface area contributed by atoms with Gasteiger partial charge in [0.2, 0.25) is 11.8 Å². The normalized spacial score (nSPS) is 17.4. The maximum absolute atomic E-state index is 12.4. The third-order valence-electron chi connectivity index (χ3n) is 5.97. The van der Waals surface area contributed by atoms with Gasteiger partial charge >= 0.3 is 0 Å². The molecule has 1 aromatic heterocycles. The molecule has 8 heteroatoms. The van der Waals surface area contributed by atoms with Crippen molar-refractivity contribution in [3.8, 4) is 5.75 Å². The fraction of sp³-hybridized carbons (Fsp3) is 0.409. The number of nitrogens with two attached hydrogens (primary N) is 1. The van der Waals surface area contributed by atoms with Gasteiger partial charge in [0.25, 0.3) is 0 Å². The Morgan fingerprint density at radius 2 is 1.80 bits per heavy atom. The molecular weight excluding hydrogens is 382 g/mol. The van der Waals surface area contributed by atoms with Gasteiger partial charge < -0.3 is 25.6 Å². The summed E-state index contributed by atoms with van der Waals surface area (Å²) in [6.07, 6.45) is 2.82. The molecule has 1 aliphatic heterocycles. The summed E-state index contributed by atoms with van der Waals surface area (Å²) < 4.78 is 5.49. The van der Waals surface area contributed by atoms with Gasteiger partial charge in [0.15, 0.2) is 0 Å². The molecule has 2 amide bonds. The van der Waals surface area contributed by atoms with Crippen LogP contribution in [0, 0.1) is 5.41 Å². The first-order chi connectivity index (χ1) is 14.5. The molecule has 8 nitrogen and oxygen atoms in total.